The molecule has 1 aliphatic carbocycles. The van der Waals surface area contributed by atoms with Crippen LogP contribution in [0.15, 0.2) is 91.0 Å². The van der Waals surface area contributed by atoms with Crippen molar-refractivity contribution in [2.75, 3.05) is 9.80 Å². The zero-order valence-corrected chi connectivity index (χ0v) is 25.2. The van der Waals surface area contributed by atoms with E-state index in [4.69, 9.17) is 46.4 Å². The van der Waals surface area contributed by atoms with E-state index >= 15 is 0 Å². The fraction of sp³-hybridized carbons (Fsp3) is 0.152. The number of carbonyl (C=O) groups excluding carboxylic acids is 4. The van der Waals surface area contributed by atoms with Gasteiger partial charge < -0.3 is 0 Å². The summed E-state index contributed by atoms with van der Waals surface area (Å²) in [7, 11) is 0. The maximum absolute atomic E-state index is 14.9. The first kappa shape index (κ1) is 28.1. The third kappa shape index (κ3) is 4.15. The molecule has 0 unspecified atom stereocenters. The fourth-order valence-corrected chi connectivity index (χ4v) is 7.55. The Labute approximate surface area is 266 Å². The third-order valence-corrected chi connectivity index (χ3v) is 9.71. The lowest BCUT2D eigenvalue weighted by Crippen LogP contribution is -2.51. The number of rotatable bonds is 4. The first-order valence-corrected chi connectivity index (χ1v) is 14.9. The van der Waals surface area contributed by atoms with Gasteiger partial charge >= 0.3 is 0 Å². The summed E-state index contributed by atoms with van der Waals surface area (Å²) in [4.78, 5) is 60.5. The topological polar surface area (TPSA) is 74.8 Å². The molecule has 4 aromatic carbocycles. The average Bonchev–Trinajstić information content (AvgIpc) is 3.38. The Hall–Kier alpha value is -3.68. The quantitative estimate of drug-likeness (QED) is 0.215. The molecule has 0 radical (unpaired) electrons. The number of hydrogen-bond acceptors (Lipinski definition) is 4. The van der Waals surface area contributed by atoms with Crippen LogP contribution in [0, 0.1) is 11.3 Å². The largest absolute Gasteiger partial charge is 0.274 e. The molecule has 6 nitrogen and oxygen atoms in total. The van der Waals surface area contributed by atoms with Gasteiger partial charge in [0.05, 0.1) is 34.5 Å². The van der Waals surface area contributed by atoms with Crippen LogP contribution in [0.4, 0.5) is 11.4 Å². The molecule has 2 saturated heterocycles. The molecular weight excluding hydrogens is 630 g/mol. The van der Waals surface area contributed by atoms with E-state index in [1.807, 2.05) is 0 Å². The molecule has 2 fully saturated rings. The second kappa shape index (κ2) is 10.2. The van der Waals surface area contributed by atoms with Crippen molar-refractivity contribution in [2.24, 2.45) is 11.3 Å². The number of nitrogens with zero attached hydrogens (tertiary/aromatic N) is 2. The molecule has 0 N–H and O–H groups in total. The standard InChI is InChI=1S/C33H20Cl4N2O4/c34-18-3-1-17(2-4-18)16-33-27(30(41)39(32(33)43)23-12-7-20(36)8-13-23)25-15-21(37)9-14-24(25)26-28(33)31(42)38(29(26)40)22-10-5-19(35)6-11-22/h1-15,26-28H,16H2/t26-,27-,28-,33+/m1/s1. The van der Waals surface area contributed by atoms with Gasteiger partial charge in [0.15, 0.2) is 0 Å². The number of hydrogen-bond donors (Lipinski definition) is 0. The number of fused-ring (bicyclic) bond motifs is 6. The Morgan fingerprint density at radius 2 is 1.07 bits per heavy atom. The molecule has 7 rings (SSSR count). The van der Waals surface area contributed by atoms with Crippen LogP contribution in [0.3, 0.4) is 0 Å². The Bertz CT molecular complexity index is 1840. The zero-order chi connectivity index (χ0) is 30.2. The van der Waals surface area contributed by atoms with E-state index in [-0.39, 0.29) is 6.42 Å². The molecule has 0 aromatic heterocycles. The van der Waals surface area contributed by atoms with Crippen LogP contribution in [0.1, 0.15) is 28.5 Å². The van der Waals surface area contributed by atoms with Gasteiger partial charge in [0.2, 0.25) is 23.6 Å². The molecule has 2 aliphatic heterocycles. The van der Waals surface area contributed by atoms with Crippen molar-refractivity contribution >= 4 is 81.4 Å². The highest BCUT2D eigenvalue weighted by molar-refractivity contribution is 6.34. The van der Waals surface area contributed by atoms with Gasteiger partial charge in [0, 0.05) is 20.1 Å². The summed E-state index contributed by atoms with van der Waals surface area (Å²) < 4.78 is 0. The molecule has 4 amide bonds. The summed E-state index contributed by atoms with van der Waals surface area (Å²) >= 11 is 24.9. The summed E-state index contributed by atoms with van der Waals surface area (Å²) in [6.45, 7) is 0. The van der Waals surface area contributed by atoms with Gasteiger partial charge in [-0.15, -0.1) is 0 Å². The second-order valence-electron chi connectivity index (χ2n) is 10.9. The Kier molecular flexibility index (Phi) is 6.67. The third-order valence-electron chi connectivity index (χ3n) is 8.72. The van der Waals surface area contributed by atoms with E-state index in [0.29, 0.717) is 48.2 Å². The molecule has 0 bridgehead atoms. The smallest absolute Gasteiger partial charge is 0.242 e. The van der Waals surface area contributed by atoms with E-state index in [0.717, 1.165) is 9.80 Å². The number of amides is 4. The van der Waals surface area contributed by atoms with Gasteiger partial charge in [-0.3, -0.25) is 19.2 Å². The van der Waals surface area contributed by atoms with Crippen LogP contribution in [-0.2, 0) is 25.6 Å². The van der Waals surface area contributed by atoms with E-state index < -0.39 is 46.8 Å². The van der Waals surface area contributed by atoms with Crippen molar-refractivity contribution in [1.29, 1.82) is 0 Å². The van der Waals surface area contributed by atoms with Crippen molar-refractivity contribution in [2.45, 2.75) is 18.3 Å². The minimum Gasteiger partial charge on any atom is -0.274 e. The molecule has 10 heteroatoms. The van der Waals surface area contributed by atoms with Crippen molar-refractivity contribution in [3.05, 3.63) is 128 Å². The normalized spacial score (nSPS) is 24.3. The van der Waals surface area contributed by atoms with Crippen molar-refractivity contribution < 1.29 is 19.2 Å². The number of halogens is 4. The number of benzene rings is 4. The number of carbonyl (C=O) groups is 4. The van der Waals surface area contributed by atoms with Crippen LogP contribution in [-0.4, -0.2) is 23.6 Å². The Morgan fingerprint density at radius 3 is 1.65 bits per heavy atom. The van der Waals surface area contributed by atoms with Crippen LogP contribution in [0.2, 0.25) is 20.1 Å². The lowest BCUT2D eigenvalue weighted by molar-refractivity contribution is -0.138. The van der Waals surface area contributed by atoms with Gasteiger partial charge in [-0.1, -0.05) is 64.6 Å². The lowest BCUT2D eigenvalue weighted by Gasteiger charge is -2.43. The summed E-state index contributed by atoms with van der Waals surface area (Å²) in [6, 6.07) is 24.5. The van der Waals surface area contributed by atoms with E-state index in [2.05, 4.69) is 0 Å². The monoisotopic (exact) mass is 648 g/mol. The van der Waals surface area contributed by atoms with Crippen molar-refractivity contribution in [3.8, 4) is 0 Å². The first-order chi connectivity index (χ1) is 20.6. The molecule has 3 aliphatic rings. The van der Waals surface area contributed by atoms with Gasteiger partial charge in [0.25, 0.3) is 0 Å². The Morgan fingerprint density at radius 1 is 0.558 bits per heavy atom. The van der Waals surface area contributed by atoms with E-state index in [1.54, 1.807) is 91.0 Å². The fourth-order valence-electron chi connectivity index (χ4n) is 6.99. The van der Waals surface area contributed by atoms with Crippen LogP contribution < -0.4 is 9.80 Å². The van der Waals surface area contributed by atoms with Gasteiger partial charge in [-0.2, -0.15) is 0 Å². The van der Waals surface area contributed by atoms with Gasteiger partial charge in [0.1, 0.15) is 0 Å². The van der Waals surface area contributed by atoms with E-state index in [1.165, 1.54) is 0 Å². The van der Waals surface area contributed by atoms with Gasteiger partial charge in [-0.05, 0) is 95.9 Å². The molecule has 4 atom stereocenters. The predicted octanol–water partition coefficient (Wildman–Crippen LogP) is 7.47. The van der Waals surface area contributed by atoms with E-state index in [9.17, 15) is 19.2 Å². The molecule has 4 aromatic rings. The minimum absolute atomic E-state index is 0.00406. The highest BCUT2D eigenvalue weighted by Crippen LogP contribution is 2.63. The van der Waals surface area contributed by atoms with Gasteiger partial charge in [-0.25, -0.2) is 9.80 Å². The first-order valence-electron chi connectivity index (χ1n) is 13.4. The second-order valence-corrected chi connectivity index (χ2v) is 12.7. The number of imide groups is 2. The summed E-state index contributed by atoms with van der Waals surface area (Å²) in [5.74, 6) is -5.42. The summed E-state index contributed by atoms with van der Waals surface area (Å²) in [5.41, 5.74) is 0.630. The zero-order valence-electron chi connectivity index (χ0n) is 22.1. The highest BCUT2D eigenvalue weighted by atomic mass is 35.5. The van der Waals surface area contributed by atoms with Crippen LogP contribution >= 0.6 is 46.4 Å². The molecular formula is C33H20Cl4N2O4. The molecule has 43 heavy (non-hydrogen) atoms. The molecule has 2 heterocycles. The minimum atomic E-state index is -1.65. The maximum Gasteiger partial charge on any atom is 0.242 e. The summed E-state index contributed by atoms with van der Waals surface area (Å²) in [6.07, 6.45) is 0.00406. The SMILES string of the molecule is O=C1[C@@H]2c3ccc(Cl)cc3[C@@H]3C(=O)N(c4ccc(Cl)cc4)C(=O)[C@]3(Cc3ccc(Cl)cc3)[C@H]2C(=O)N1c1ccc(Cl)cc1. The number of anilines is 2. The Balaban J connectivity index is 1.50. The van der Waals surface area contributed by atoms with Crippen LogP contribution in [0.25, 0.3) is 0 Å². The predicted molar refractivity (Wildman–Crippen MR) is 166 cm³/mol. The maximum atomic E-state index is 14.9. The highest BCUT2D eigenvalue weighted by Gasteiger charge is 2.73. The lowest BCUT2D eigenvalue weighted by atomic mass is 9.54. The summed E-state index contributed by atoms with van der Waals surface area (Å²) in [5, 5.41) is 1.71. The molecule has 0 saturated carbocycles. The molecule has 0 spiro atoms. The van der Waals surface area contributed by atoms with Crippen molar-refractivity contribution in [3.63, 3.8) is 0 Å². The van der Waals surface area contributed by atoms with Crippen molar-refractivity contribution in [1.82, 2.24) is 0 Å². The van der Waals surface area contributed by atoms with Crippen LogP contribution in [0.5, 0.6) is 0 Å². The molecule has 214 valence electrons. The average molecular weight is 650 g/mol.